The molecule has 0 aromatic heterocycles. The van der Waals surface area contributed by atoms with Crippen LogP contribution in [0, 0.1) is 5.92 Å². The van der Waals surface area contributed by atoms with E-state index in [0.717, 1.165) is 24.2 Å². The van der Waals surface area contributed by atoms with Crippen LogP contribution in [0.25, 0.3) is 0 Å². The van der Waals surface area contributed by atoms with E-state index in [2.05, 4.69) is 11.9 Å². The number of ether oxygens (including phenoxy) is 1. The lowest BCUT2D eigenvalue weighted by Gasteiger charge is -2.35. The minimum absolute atomic E-state index is 0.210. The third-order valence-electron chi connectivity index (χ3n) is 4.84. The van der Waals surface area contributed by atoms with Gasteiger partial charge in [0.05, 0.1) is 7.11 Å². The van der Waals surface area contributed by atoms with Gasteiger partial charge in [-0.05, 0) is 57.0 Å². The lowest BCUT2D eigenvalue weighted by atomic mass is 9.85. The SMILES string of the molecule is COc1ccc(C(=O)C2CC3CCC(C2)N3C)cc1. The second-order valence-corrected chi connectivity index (χ2v) is 5.81. The molecule has 3 nitrogen and oxygen atoms in total. The summed E-state index contributed by atoms with van der Waals surface area (Å²) in [5.74, 6) is 1.33. The summed E-state index contributed by atoms with van der Waals surface area (Å²) < 4.78 is 5.13. The molecule has 0 amide bonds. The predicted molar refractivity (Wildman–Crippen MR) is 74.6 cm³/mol. The fourth-order valence-corrected chi connectivity index (χ4v) is 3.62. The van der Waals surface area contributed by atoms with Crippen molar-refractivity contribution in [2.45, 2.75) is 37.8 Å². The Balaban J connectivity index is 1.73. The quantitative estimate of drug-likeness (QED) is 0.782. The summed E-state index contributed by atoms with van der Waals surface area (Å²) >= 11 is 0. The Morgan fingerprint density at radius 1 is 1.16 bits per heavy atom. The van der Waals surface area contributed by atoms with Gasteiger partial charge in [0, 0.05) is 23.6 Å². The smallest absolute Gasteiger partial charge is 0.166 e. The third kappa shape index (κ3) is 2.27. The maximum absolute atomic E-state index is 12.6. The Labute approximate surface area is 114 Å². The zero-order valence-corrected chi connectivity index (χ0v) is 11.6. The Bertz CT molecular complexity index is 454. The van der Waals surface area contributed by atoms with Gasteiger partial charge in [0.1, 0.15) is 5.75 Å². The van der Waals surface area contributed by atoms with Gasteiger partial charge >= 0.3 is 0 Å². The van der Waals surface area contributed by atoms with E-state index < -0.39 is 0 Å². The molecule has 2 atom stereocenters. The zero-order chi connectivity index (χ0) is 13.4. The molecular formula is C16H21NO2. The number of ketones is 1. The second-order valence-electron chi connectivity index (χ2n) is 5.81. The number of Topliss-reactive ketones (excluding diaryl/α,β-unsaturated/α-hetero) is 1. The number of nitrogens with zero attached hydrogens (tertiary/aromatic N) is 1. The van der Waals surface area contributed by atoms with Crippen LogP contribution < -0.4 is 4.74 Å². The lowest BCUT2D eigenvalue weighted by molar-refractivity contribution is 0.0767. The van der Waals surface area contributed by atoms with Crippen molar-refractivity contribution in [2.75, 3.05) is 14.2 Å². The van der Waals surface area contributed by atoms with E-state index in [-0.39, 0.29) is 5.92 Å². The van der Waals surface area contributed by atoms with Crippen LogP contribution in [0.2, 0.25) is 0 Å². The van der Waals surface area contributed by atoms with E-state index >= 15 is 0 Å². The van der Waals surface area contributed by atoms with E-state index in [1.54, 1.807) is 7.11 Å². The monoisotopic (exact) mass is 259 g/mol. The standard InChI is InChI=1S/C16H21NO2/c1-17-13-5-6-14(17)10-12(9-13)16(18)11-3-7-15(19-2)8-4-11/h3-4,7-8,12-14H,5-6,9-10H2,1-2H3. The largest absolute Gasteiger partial charge is 0.497 e. The van der Waals surface area contributed by atoms with Gasteiger partial charge in [-0.15, -0.1) is 0 Å². The van der Waals surface area contributed by atoms with Crippen LogP contribution in [0.1, 0.15) is 36.0 Å². The number of fused-ring (bicyclic) bond motifs is 2. The van der Waals surface area contributed by atoms with Crippen molar-refractivity contribution in [1.82, 2.24) is 4.90 Å². The van der Waals surface area contributed by atoms with Crippen LogP contribution in [0.15, 0.2) is 24.3 Å². The molecule has 2 aliphatic rings. The van der Waals surface area contributed by atoms with Gasteiger partial charge in [-0.3, -0.25) is 4.79 Å². The molecule has 1 aromatic carbocycles. The molecule has 19 heavy (non-hydrogen) atoms. The van der Waals surface area contributed by atoms with Gasteiger partial charge in [0.2, 0.25) is 0 Å². The first kappa shape index (κ1) is 12.7. The third-order valence-corrected chi connectivity index (χ3v) is 4.84. The summed E-state index contributed by atoms with van der Waals surface area (Å²) in [4.78, 5) is 15.0. The first-order valence-electron chi connectivity index (χ1n) is 7.09. The summed E-state index contributed by atoms with van der Waals surface area (Å²) in [5, 5.41) is 0. The Morgan fingerprint density at radius 2 is 1.74 bits per heavy atom. The normalized spacial score (nSPS) is 30.3. The highest BCUT2D eigenvalue weighted by atomic mass is 16.5. The van der Waals surface area contributed by atoms with Crippen LogP contribution in [0.4, 0.5) is 0 Å². The molecule has 0 saturated carbocycles. The number of carbonyl (C=O) groups excluding carboxylic acids is 1. The van der Waals surface area contributed by atoms with E-state index in [9.17, 15) is 4.79 Å². The van der Waals surface area contributed by atoms with Crippen molar-refractivity contribution in [3.63, 3.8) is 0 Å². The molecule has 2 unspecified atom stereocenters. The van der Waals surface area contributed by atoms with E-state index in [1.807, 2.05) is 24.3 Å². The number of methoxy groups -OCH3 is 1. The summed E-state index contributed by atoms with van der Waals surface area (Å²) in [6.07, 6.45) is 4.57. The van der Waals surface area contributed by atoms with Gasteiger partial charge in [-0.25, -0.2) is 0 Å². The van der Waals surface area contributed by atoms with Gasteiger partial charge < -0.3 is 9.64 Å². The molecular weight excluding hydrogens is 238 g/mol. The summed E-state index contributed by atoms with van der Waals surface area (Å²) in [6, 6.07) is 8.76. The van der Waals surface area contributed by atoms with E-state index in [1.165, 1.54) is 12.8 Å². The van der Waals surface area contributed by atoms with Crippen LogP contribution in [-0.4, -0.2) is 36.9 Å². The topological polar surface area (TPSA) is 29.5 Å². The molecule has 2 saturated heterocycles. The average Bonchev–Trinajstić information content (AvgIpc) is 2.68. The Kier molecular flexibility index (Phi) is 3.31. The van der Waals surface area contributed by atoms with Gasteiger partial charge in [0.15, 0.2) is 5.78 Å². The Hall–Kier alpha value is -1.35. The second kappa shape index (κ2) is 4.97. The highest BCUT2D eigenvalue weighted by molar-refractivity contribution is 5.98. The first-order chi connectivity index (χ1) is 9.19. The molecule has 2 bridgehead atoms. The van der Waals surface area contributed by atoms with Crippen molar-refractivity contribution in [3.05, 3.63) is 29.8 Å². The van der Waals surface area contributed by atoms with Gasteiger partial charge in [0.25, 0.3) is 0 Å². The molecule has 0 spiro atoms. The number of carbonyl (C=O) groups is 1. The number of hydrogen-bond donors (Lipinski definition) is 0. The fraction of sp³-hybridized carbons (Fsp3) is 0.562. The molecule has 2 aliphatic heterocycles. The van der Waals surface area contributed by atoms with Crippen molar-refractivity contribution in [3.8, 4) is 5.75 Å². The zero-order valence-electron chi connectivity index (χ0n) is 11.6. The van der Waals surface area contributed by atoms with Crippen LogP contribution in [0.5, 0.6) is 5.75 Å². The summed E-state index contributed by atoms with van der Waals surface area (Å²) in [6.45, 7) is 0. The maximum atomic E-state index is 12.6. The van der Waals surface area contributed by atoms with Crippen molar-refractivity contribution in [2.24, 2.45) is 5.92 Å². The molecule has 3 rings (SSSR count). The molecule has 0 N–H and O–H groups in total. The van der Waals surface area contributed by atoms with Gasteiger partial charge in [-0.2, -0.15) is 0 Å². The van der Waals surface area contributed by atoms with Gasteiger partial charge in [-0.1, -0.05) is 0 Å². The van der Waals surface area contributed by atoms with E-state index in [4.69, 9.17) is 4.74 Å². The fourth-order valence-electron chi connectivity index (χ4n) is 3.62. The lowest BCUT2D eigenvalue weighted by Crippen LogP contribution is -2.42. The minimum Gasteiger partial charge on any atom is -0.497 e. The summed E-state index contributed by atoms with van der Waals surface area (Å²) in [5.41, 5.74) is 0.828. The minimum atomic E-state index is 0.210. The molecule has 2 fully saturated rings. The highest BCUT2D eigenvalue weighted by Gasteiger charge is 2.40. The van der Waals surface area contributed by atoms with Crippen molar-refractivity contribution >= 4 is 5.78 Å². The average molecular weight is 259 g/mol. The molecule has 0 aliphatic carbocycles. The van der Waals surface area contributed by atoms with Crippen LogP contribution in [0.3, 0.4) is 0 Å². The van der Waals surface area contributed by atoms with Crippen LogP contribution in [-0.2, 0) is 0 Å². The van der Waals surface area contributed by atoms with Crippen molar-refractivity contribution < 1.29 is 9.53 Å². The molecule has 2 heterocycles. The number of piperidine rings is 1. The Morgan fingerprint density at radius 3 is 2.26 bits per heavy atom. The number of benzene rings is 1. The molecule has 102 valence electrons. The first-order valence-corrected chi connectivity index (χ1v) is 7.09. The molecule has 0 radical (unpaired) electrons. The van der Waals surface area contributed by atoms with E-state index in [0.29, 0.717) is 17.9 Å². The number of hydrogen-bond acceptors (Lipinski definition) is 3. The maximum Gasteiger partial charge on any atom is 0.166 e. The molecule has 1 aromatic rings. The van der Waals surface area contributed by atoms with Crippen molar-refractivity contribution in [1.29, 1.82) is 0 Å². The van der Waals surface area contributed by atoms with Crippen LogP contribution >= 0.6 is 0 Å². The molecule has 3 heteroatoms. The highest BCUT2D eigenvalue weighted by Crippen LogP contribution is 2.38. The summed E-state index contributed by atoms with van der Waals surface area (Å²) in [7, 11) is 3.85. The predicted octanol–water partition coefficient (Wildman–Crippen LogP) is 2.75. The number of rotatable bonds is 3.